The van der Waals surface area contributed by atoms with Gasteiger partial charge in [-0.25, -0.2) is 12.7 Å². The van der Waals surface area contributed by atoms with Crippen molar-refractivity contribution in [2.24, 2.45) is 5.92 Å². The van der Waals surface area contributed by atoms with Crippen LogP contribution < -0.4 is 0 Å². The lowest BCUT2D eigenvalue weighted by Crippen LogP contribution is -2.57. The van der Waals surface area contributed by atoms with Gasteiger partial charge >= 0.3 is 0 Å². The van der Waals surface area contributed by atoms with Crippen molar-refractivity contribution in [3.8, 4) is 0 Å². The van der Waals surface area contributed by atoms with Gasteiger partial charge in [0.25, 0.3) is 0 Å². The summed E-state index contributed by atoms with van der Waals surface area (Å²) >= 11 is 0. The average Bonchev–Trinajstić information content (AvgIpc) is 2.62. The van der Waals surface area contributed by atoms with Crippen molar-refractivity contribution in [3.05, 3.63) is 0 Å². The van der Waals surface area contributed by atoms with Gasteiger partial charge in [0.2, 0.25) is 10.0 Å². The van der Waals surface area contributed by atoms with Gasteiger partial charge < -0.3 is 9.64 Å². The minimum Gasteiger partial charge on any atom is -0.375 e. The Morgan fingerprint density at radius 2 is 1.74 bits per heavy atom. The first-order chi connectivity index (χ1) is 12.8. The first kappa shape index (κ1) is 21.5. The molecule has 0 bridgehead atoms. The molecule has 0 saturated carbocycles. The molecule has 0 amide bonds. The Morgan fingerprint density at radius 3 is 2.33 bits per heavy atom. The normalized spacial score (nSPS) is 28.8. The highest BCUT2D eigenvalue weighted by atomic mass is 32.2. The maximum Gasteiger partial charge on any atom is 0.214 e. The predicted octanol–water partition coefficient (Wildman–Crippen LogP) is 2.01. The zero-order chi connectivity index (χ0) is 19.5. The fourth-order valence-corrected chi connectivity index (χ4v) is 6.56. The summed E-state index contributed by atoms with van der Waals surface area (Å²) in [6, 6.07) is 0.596. The lowest BCUT2D eigenvalue weighted by atomic mass is 9.82. The molecule has 158 valence electrons. The van der Waals surface area contributed by atoms with Crippen LogP contribution in [0.5, 0.6) is 0 Å². The van der Waals surface area contributed by atoms with Crippen molar-refractivity contribution in [1.82, 2.24) is 14.1 Å². The number of piperidine rings is 1. The van der Waals surface area contributed by atoms with Crippen LogP contribution >= 0.6 is 0 Å². The first-order valence-corrected chi connectivity index (χ1v) is 12.5. The Kier molecular flexibility index (Phi) is 7.23. The molecule has 0 aromatic rings. The molecule has 0 radical (unpaired) electrons. The monoisotopic (exact) mass is 401 g/mol. The molecule has 3 rings (SSSR count). The van der Waals surface area contributed by atoms with Gasteiger partial charge in [-0.3, -0.25) is 4.90 Å². The fourth-order valence-electron chi connectivity index (χ4n) is 5.05. The minimum absolute atomic E-state index is 0.101. The number of ether oxygens (including phenoxy) is 1. The van der Waals surface area contributed by atoms with Crippen molar-refractivity contribution in [3.63, 3.8) is 0 Å². The molecule has 1 atom stereocenters. The fraction of sp³-hybridized carbons (Fsp3) is 1.00. The van der Waals surface area contributed by atoms with Crippen LogP contribution in [0.4, 0.5) is 0 Å². The standard InChI is InChI=1S/C20H39N3O3S/c1-4-15-27(24,25)23-8-6-20(7-9-23)16-19(5-14-26-20)22-12-10-21(11-13-22)17-18(2)3/h18-19H,4-17H2,1-3H3/t19-/m0/s1. The maximum atomic E-state index is 12.3. The second-order valence-corrected chi connectivity index (χ2v) is 11.2. The third-order valence-electron chi connectivity index (χ3n) is 6.50. The van der Waals surface area contributed by atoms with Gasteiger partial charge in [0.15, 0.2) is 0 Å². The molecular weight excluding hydrogens is 362 g/mol. The molecule has 27 heavy (non-hydrogen) atoms. The average molecular weight is 402 g/mol. The van der Waals surface area contributed by atoms with E-state index in [0.717, 1.165) is 51.3 Å². The molecule has 3 aliphatic rings. The molecule has 0 N–H and O–H groups in total. The van der Waals surface area contributed by atoms with Crippen LogP contribution in [0.2, 0.25) is 0 Å². The highest BCUT2D eigenvalue weighted by molar-refractivity contribution is 7.89. The number of hydrogen-bond acceptors (Lipinski definition) is 5. The van der Waals surface area contributed by atoms with Gasteiger partial charge in [-0.15, -0.1) is 0 Å². The van der Waals surface area contributed by atoms with Crippen molar-refractivity contribution in [2.45, 2.75) is 64.5 Å². The second kappa shape index (κ2) is 9.08. The highest BCUT2D eigenvalue weighted by Crippen LogP contribution is 2.37. The molecule has 0 aromatic carbocycles. The summed E-state index contributed by atoms with van der Waals surface area (Å²) in [4.78, 5) is 5.26. The van der Waals surface area contributed by atoms with E-state index >= 15 is 0 Å². The number of sulfonamides is 1. The summed E-state index contributed by atoms with van der Waals surface area (Å²) in [5.74, 6) is 1.00. The lowest BCUT2D eigenvalue weighted by Gasteiger charge is -2.49. The van der Waals surface area contributed by atoms with Gasteiger partial charge in [-0.1, -0.05) is 20.8 Å². The number of rotatable bonds is 6. The molecule has 3 fully saturated rings. The summed E-state index contributed by atoms with van der Waals surface area (Å²) in [6.07, 6.45) is 4.56. The molecular formula is C20H39N3O3S. The molecule has 0 aromatic heterocycles. The Bertz CT molecular complexity index is 565. The van der Waals surface area contributed by atoms with E-state index in [4.69, 9.17) is 4.74 Å². The third kappa shape index (κ3) is 5.44. The third-order valence-corrected chi connectivity index (χ3v) is 8.58. The minimum atomic E-state index is -3.08. The zero-order valence-corrected chi connectivity index (χ0v) is 18.3. The maximum absolute atomic E-state index is 12.3. The smallest absolute Gasteiger partial charge is 0.214 e. The van der Waals surface area contributed by atoms with Gasteiger partial charge in [0.1, 0.15) is 0 Å². The molecule has 1 spiro atoms. The number of nitrogens with zero attached hydrogens (tertiary/aromatic N) is 3. The second-order valence-electron chi connectivity index (χ2n) is 9.12. The van der Waals surface area contributed by atoms with Gasteiger partial charge in [-0.2, -0.15) is 0 Å². The van der Waals surface area contributed by atoms with Crippen molar-refractivity contribution < 1.29 is 13.2 Å². The van der Waals surface area contributed by atoms with E-state index in [1.54, 1.807) is 4.31 Å². The topological polar surface area (TPSA) is 53.1 Å². The Hall–Kier alpha value is -0.210. The van der Waals surface area contributed by atoms with E-state index < -0.39 is 10.0 Å². The van der Waals surface area contributed by atoms with E-state index in [9.17, 15) is 8.42 Å². The SMILES string of the molecule is CCCS(=O)(=O)N1CCC2(CC1)C[C@@H](N1CCN(CC(C)C)CC1)CCO2. The molecule has 0 aliphatic carbocycles. The molecule has 6 nitrogen and oxygen atoms in total. The van der Waals surface area contributed by atoms with Crippen LogP contribution in [0.25, 0.3) is 0 Å². The van der Waals surface area contributed by atoms with Gasteiger partial charge in [-0.05, 0) is 38.0 Å². The van der Waals surface area contributed by atoms with Crippen LogP contribution in [-0.4, -0.2) is 92.3 Å². The summed E-state index contributed by atoms with van der Waals surface area (Å²) < 4.78 is 32.7. The predicted molar refractivity (Wildman–Crippen MR) is 109 cm³/mol. The first-order valence-electron chi connectivity index (χ1n) is 10.9. The summed E-state index contributed by atoms with van der Waals surface area (Å²) in [6.45, 7) is 14.4. The van der Waals surface area contributed by atoms with E-state index in [1.165, 1.54) is 19.6 Å². The summed E-state index contributed by atoms with van der Waals surface area (Å²) in [5, 5.41) is 0. The van der Waals surface area contributed by atoms with E-state index in [-0.39, 0.29) is 11.4 Å². The molecule has 0 unspecified atom stereocenters. The van der Waals surface area contributed by atoms with Crippen LogP contribution in [0.3, 0.4) is 0 Å². The van der Waals surface area contributed by atoms with E-state index in [2.05, 4.69) is 23.6 Å². The van der Waals surface area contributed by atoms with Gasteiger partial charge in [0.05, 0.1) is 11.4 Å². The van der Waals surface area contributed by atoms with E-state index in [1.807, 2.05) is 6.92 Å². The van der Waals surface area contributed by atoms with Crippen LogP contribution in [-0.2, 0) is 14.8 Å². The van der Waals surface area contributed by atoms with Gasteiger partial charge in [0, 0.05) is 58.5 Å². The van der Waals surface area contributed by atoms with Crippen molar-refractivity contribution in [2.75, 3.05) is 58.2 Å². The Morgan fingerprint density at radius 1 is 1.07 bits per heavy atom. The van der Waals surface area contributed by atoms with Crippen LogP contribution in [0.1, 0.15) is 52.9 Å². The summed E-state index contributed by atoms with van der Waals surface area (Å²) in [5.41, 5.74) is -0.101. The quantitative estimate of drug-likeness (QED) is 0.681. The molecule has 3 saturated heterocycles. The molecule has 3 heterocycles. The number of hydrogen-bond donors (Lipinski definition) is 0. The largest absolute Gasteiger partial charge is 0.375 e. The van der Waals surface area contributed by atoms with Crippen LogP contribution in [0.15, 0.2) is 0 Å². The van der Waals surface area contributed by atoms with Crippen molar-refractivity contribution >= 4 is 10.0 Å². The molecule has 7 heteroatoms. The van der Waals surface area contributed by atoms with Crippen molar-refractivity contribution in [1.29, 1.82) is 0 Å². The lowest BCUT2D eigenvalue weighted by molar-refractivity contribution is -0.130. The van der Waals surface area contributed by atoms with E-state index in [0.29, 0.717) is 25.6 Å². The molecule has 3 aliphatic heterocycles. The zero-order valence-electron chi connectivity index (χ0n) is 17.5. The van der Waals surface area contributed by atoms with Crippen LogP contribution in [0, 0.1) is 5.92 Å². The summed E-state index contributed by atoms with van der Waals surface area (Å²) in [7, 11) is -3.08. The Balaban J connectivity index is 1.52. The highest BCUT2D eigenvalue weighted by Gasteiger charge is 2.43. The Labute approximate surface area is 166 Å². The number of piperazine rings is 1.